The maximum absolute atomic E-state index is 2.62. The standard InChI is InChI=1S/C33H21BN2/c1-35-30-15-7-11-25-27-13-6-12-26-24-10-4-5-14-29(24)36(33(26)27)34(32(25)30)28-18-22-16-20-8-2-3-9-21(20)17-23(22)19-31(28)35/h2-19H,1H3. The van der Waals surface area contributed by atoms with E-state index in [9.17, 15) is 0 Å². The van der Waals surface area contributed by atoms with E-state index in [0.717, 1.165) is 0 Å². The summed E-state index contributed by atoms with van der Waals surface area (Å²) < 4.78 is 2.62. The van der Waals surface area contributed by atoms with Crippen LogP contribution in [-0.2, 0) is 0 Å². The number of hydrogen-bond donors (Lipinski definition) is 0. The van der Waals surface area contributed by atoms with E-state index in [2.05, 4.69) is 126 Å². The summed E-state index contributed by atoms with van der Waals surface area (Å²) in [4.78, 5) is 2.40. The lowest BCUT2D eigenvalue weighted by Gasteiger charge is -2.39. The molecule has 3 heteroatoms. The molecule has 0 atom stereocenters. The molecule has 0 spiro atoms. The number of nitrogens with zero attached hydrogens (tertiary/aromatic N) is 2. The summed E-state index contributed by atoms with van der Waals surface area (Å²) in [6.07, 6.45) is 0. The smallest absolute Gasteiger partial charge is 0.333 e. The van der Waals surface area contributed by atoms with Crippen molar-refractivity contribution in [3.05, 3.63) is 109 Å². The van der Waals surface area contributed by atoms with Crippen LogP contribution in [0.1, 0.15) is 0 Å². The van der Waals surface area contributed by atoms with E-state index >= 15 is 0 Å². The molecule has 2 aliphatic rings. The fourth-order valence-corrected chi connectivity index (χ4v) is 6.97. The molecule has 0 aliphatic carbocycles. The van der Waals surface area contributed by atoms with Gasteiger partial charge in [-0.3, -0.25) is 0 Å². The lowest BCUT2D eigenvalue weighted by atomic mass is 9.45. The molecule has 0 fully saturated rings. The quantitative estimate of drug-likeness (QED) is 0.180. The Morgan fingerprint density at radius 1 is 0.556 bits per heavy atom. The second-order valence-corrected chi connectivity index (χ2v) is 10.2. The van der Waals surface area contributed by atoms with Gasteiger partial charge in [-0.2, -0.15) is 0 Å². The van der Waals surface area contributed by atoms with Crippen molar-refractivity contribution in [2.45, 2.75) is 0 Å². The molecule has 0 amide bonds. The molecular weight excluding hydrogens is 435 g/mol. The van der Waals surface area contributed by atoms with Crippen molar-refractivity contribution in [3.8, 4) is 11.1 Å². The Balaban J connectivity index is 1.47. The second-order valence-electron chi connectivity index (χ2n) is 10.2. The van der Waals surface area contributed by atoms with E-state index in [4.69, 9.17) is 0 Å². The highest BCUT2D eigenvalue weighted by atomic mass is 15.1. The third-order valence-electron chi connectivity index (χ3n) is 8.50. The summed E-state index contributed by atoms with van der Waals surface area (Å²) in [7, 11) is 2.22. The van der Waals surface area contributed by atoms with Crippen molar-refractivity contribution in [2.75, 3.05) is 11.9 Å². The summed E-state index contributed by atoms with van der Waals surface area (Å²) in [5.74, 6) is 0. The predicted molar refractivity (Wildman–Crippen MR) is 155 cm³/mol. The number of benzene rings is 6. The normalized spacial score (nSPS) is 13.6. The minimum atomic E-state index is 0.135. The van der Waals surface area contributed by atoms with Gasteiger partial charge in [-0.1, -0.05) is 78.9 Å². The van der Waals surface area contributed by atoms with Crippen molar-refractivity contribution in [3.63, 3.8) is 0 Å². The van der Waals surface area contributed by atoms with Crippen LogP contribution in [0.4, 0.5) is 11.4 Å². The van der Waals surface area contributed by atoms with Gasteiger partial charge in [-0.15, -0.1) is 0 Å². The first-order valence-corrected chi connectivity index (χ1v) is 12.6. The summed E-state index contributed by atoms with van der Waals surface area (Å²) >= 11 is 0. The van der Waals surface area contributed by atoms with Gasteiger partial charge in [0.15, 0.2) is 0 Å². The zero-order chi connectivity index (χ0) is 23.5. The average molecular weight is 456 g/mol. The number of rotatable bonds is 0. The highest BCUT2D eigenvalue weighted by Crippen LogP contribution is 2.43. The first-order chi connectivity index (χ1) is 17.8. The minimum Gasteiger partial charge on any atom is -0.375 e. The average Bonchev–Trinajstić information content (AvgIpc) is 3.26. The third kappa shape index (κ3) is 2.15. The zero-order valence-electron chi connectivity index (χ0n) is 19.9. The molecule has 9 rings (SSSR count). The summed E-state index contributed by atoms with van der Waals surface area (Å²) in [5.41, 5.74) is 10.7. The highest BCUT2D eigenvalue weighted by Gasteiger charge is 2.41. The van der Waals surface area contributed by atoms with Gasteiger partial charge in [0.25, 0.3) is 0 Å². The number of para-hydroxylation sites is 2. The van der Waals surface area contributed by atoms with Crippen LogP contribution in [0.25, 0.3) is 54.5 Å². The first kappa shape index (κ1) is 18.8. The zero-order valence-corrected chi connectivity index (χ0v) is 19.9. The van der Waals surface area contributed by atoms with Crippen molar-refractivity contribution < 1.29 is 0 Å². The minimum absolute atomic E-state index is 0.135. The number of hydrogen-bond acceptors (Lipinski definition) is 1. The lowest BCUT2D eigenvalue weighted by molar-refractivity contribution is 1.20. The van der Waals surface area contributed by atoms with Crippen LogP contribution < -0.4 is 15.8 Å². The Hall–Kier alpha value is -4.50. The van der Waals surface area contributed by atoms with E-state index in [1.54, 1.807) is 0 Å². The van der Waals surface area contributed by atoms with Crippen LogP contribution in [0, 0.1) is 0 Å². The molecule has 2 aliphatic heterocycles. The molecule has 6 aromatic carbocycles. The predicted octanol–water partition coefficient (Wildman–Crippen LogP) is 6.82. The Morgan fingerprint density at radius 3 is 2.11 bits per heavy atom. The van der Waals surface area contributed by atoms with Gasteiger partial charge in [-0.25, -0.2) is 0 Å². The van der Waals surface area contributed by atoms with Gasteiger partial charge in [0.05, 0.1) is 0 Å². The summed E-state index contributed by atoms with van der Waals surface area (Å²) in [6, 6.07) is 40.7. The number of aromatic nitrogens is 1. The van der Waals surface area contributed by atoms with Crippen molar-refractivity contribution in [1.29, 1.82) is 0 Å². The molecule has 0 radical (unpaired) electrons. The monoisotopic (exact) mass is 456 g/mol. The van der Waals surface area contributed by atoms with Crippen LogP contribution in [0.3, 0.4) is 0 Å². The van der Waals surface area contributed by atoms with Gasteiger partial charge in [0, 0.05) is 45.8 Å². The van der Waals surface area contributed by atoms with E-state index in [0.29, 0.717) is 0 Å². The Morgan fingerprint density at radius 2 is 1.25 bits per heavy atom. The molecule has 0 saturated carbocycles. The molecule has 1 aromatic heterocycles. The number of anilines is 2. The molecule has 0 saturated heterocycles. The van der Waals surface area contributed by atoms with E-state index in [-0.39, 0.29) is 6.85 Å². The maximum Gasteiger partial charge on any atom is 0.333 e. The maximum atomic E-state index is 2.62. The first-order valence-electron chi connectivity index (χ1n) is 12.6. The lowest BCUT2D eigenvalue weighted by Crippen LogP contribution is -2.56. The fraction of sp³-hybridized carbons (Fsp3) is 0.0303. The molecule has 0 bridgehead atoms. The Bertz CT molecular complexity index is 2080. The third-order valence-corrected chi connectivity index (χ3v) is 8.50. The molecule has 3 heterocycles. The Labute approximate surface area is 209 Å². The van der Waals surface area contributed by atoms with E-state index in [1.165, 1.54) is 76.8 Å². The van der Waals surface area contributed by atoms with Crippen molar-refractivity contribution in [1.82, 2.24) is 4.48 Å². The van der Waals surface area contributed by atoms with Crippen molar-refractivity contribution in [2.24, 2.45) is 0 Å². The van der Waals surface area contributed by atoms with Crippen LogP contribution in [0.2, 0.25) is 0 Å². The van der Waals surface area contributed by atoms with Gasteiger partial charge in [-0.05, 0) is 68.4 Å². The second kappa shape index (κ2) is 6.38. The Kier molecular flexibility index (Phi) is 3.33. The molecular formula is C33H21BN2. The van der Waals surface area contributed by atoms with Crippen LogP contribution >= 0.6 is 0 Å². The van der Waals surface area contributed by atoms with Crippen molar-refractivity contribution >= 4 is 72.5 Å². The molecule has 166 valence electrons. The number of fused-ring (bicyclic) bond motifs is 9. The largest absolute Gasteiger partial charge is 0.375 e. The molecule has 0 unspecified atom stereocenters. The van der Waals surface area contributed by atoms with Gasteiger partial charge in [0.2, 0.25) is 0 Å². The molecule has 2 nitrogen and oxygen atoms in total. The van der Waals surface area contributed by atoms with Crippen LogP contribution in [-0.4, -0.2) is 18.4 Å². The molecule has 7 aromatic rings. The molecule has 36 heavy (non-hydrogen) atoms. The molecule has 0 N–H and O–H groups in total. The summed E-state index contributed by atoms with van der Waals surface area (Å²) in [5, 5.41) is 7.84. The van der Waals surface area contributed by atoms with Crippen LogP contribution in [0.5, 0.6) is 0 Å². The van der Waals surface area contributed by atoms with E-state index in [1.807, 2.05) is 0 Å². The fourth-order valence-electron chi connectivity index (χ4n) is 6.97. The van der Waals surface area contributed by atoms with Gasteiger partial charge in [0.1, 0.15) is 0 Å². The van der Waals surface area contributed by atoms with Gasteiger partial charge < -0.3 is 9.38 Å². The highest BCUT2D eigenvalue weighted by molar-refractivity contribution is 6.90. The SMILES string of the molecule is CN1c2cc3cc4ccccc4cc3cc2B2c3c(cccc31)-c1cccc3c4ccccc4n2c13. The van der Waals surface area contributed by atoms with Crippen LogP contribution in [0.15, 0.2) is 109 Å². The summed E-state index contributed by atoms with van der Waals surface area (Å²) in [6.45, 7) is 0.135. The van der Waals surface area contributed by atoms with E-state index < -0.39 is 0 Å². The topological polar surface area (TPSA) is 8.17 Å². The van der Waals surface area contributed by atoms with Gasteiger partial charge >= 0.3 is 6.85 Å².